The number of alkyl halides is 2. The van der Waals surface area contributed by atoms with Gasteiger partial charge in [-0.2, -0.15) is 10.4 Å². The lowest BCUT2D eigenvalue weighted by atomic mass is 10.2. The average Bonchev–Trinajstić information content (AvgIpc) is 2.94. The molecule has 0 aromatic carbocycles. The Morgan fingerprint density at radius 3 is 2.82 bits per heavy atom. The summed E-state index contributed by atoms with van der Waals surface area (Å²) in [5, 5.41) is 12.8. The van der Waals surface area contributed by atoms with Gasteiger partial charge in [0.15, 0.2) is 0 Å². The molecular formula is C11H9F2N3S. The van der Waals surface area contributed by atoms with Gasteiger partial charge in [0.2, 0.25) is 0 Å². The molecule has 2 aromatic rings. The Morgan fingerprint density at radius 1 is 1.53 bits per heavy atom. The summed E-state index contributed by atoms with van der Waals surface area (Å²) in [5.74, 6) is 0. The van der Waals surface area contributed by atoms with Gasteiger partial charge in [-0.25, -0.2) is 8.78 Å². The normalized spacial score (nSPS) is 10.8. The second-order valence-electron chi connectivity index (χ2n) is 3.37. The summed E-state index contributed by atoms with van der Waals surface area (Å²) in [6.07, 6.45) is -1.20. The Bertz CT molecular complexity index is 566. The van der Waals surface area contributed by atoms with Gasteiger partial charge in [-0.05, 0) is 19.1 Å². The van der Waals surface area contributed by atoms with Gasteiger partial charge in [0.05, 0.1) is 10.4 Å². The molecule has 3 nitrogen and oxygen atoms in total. The molecule has 0 unspecified atom stereocenters. The predicted octanol–water partition coefficient (Wildman–Crippen LogP) is 3.44. The highest BCUT2D eigenvalue weighted by molar-refractivity contribution is 7.16. The molecular weight excluding hydrogens is 244 g/mol. The van der Waals surface area contributed by atoms with E-state index in [0.717, 1.165) is 0 Å². The minimum atomic E-state index is -2.56. The first-order chi connectivity index (χ1) is 8.15. The summed E-state index contributed by atoms with van der Waals surface area (Å²) in [6, 6.07) is 5.24. The highest BCUT2D eigenvalue weighted by Crippen LogP contribution is 2.34. The van der Waals surface area contributed by atoms with Crippen molar-refractivity contribution in [1.82, 2.24) is 9.78 Å². The summed E-state index contributed by atoms with van der Waals surface area (Å²) in [5.41, 5.74) is 0.187. The summed E-state index contributed by atoms with van der Waals surface area (Å²) in [4.78, 5) is 1.09. The first-order valence-corrected chi connectivity index (χ1v) is 5.83. The number of aromatic nitrogens is 2. The van der Waals surface area contributed by atoms with Crippen LogP contribution in [0.3, 0.4) is 0 Å². The molecule has 0 fully saturated rings. The van der Waals surface area contributed by atoms with Gasteiger partial charge in [0.1, 0.15) is 16.6 Å². The van der Waals surface area contributed by atoms with Crippen molar-refractivity contribution in [3.05, 3.63) is 28.8 Å². The van der Waals surface area contributed by atoms with Crippen LogP contribution in [0.5, 0.6) is 0 Å². The summed E-state index contributed by atoms with van der Waals surface area (Å²) in [7, 11) is 0. The third-order valence-corrected chi connectivity index (χ3v) is 3.30. The fourth-order valence-corrected chi connectivity index (χ4v) is 2.29. The second-order valence-corrected chi connectivity index (χ2v) is 4.45. The maximum Gasteiger partial charge on any atom is 0.267 e. The molecule has 2 rings (SSSR count). The lowest BCUT2D eigenvalue weighted by Gasteiger charge is -1.96. The zero-order valence-corrected chi connectivity index (χ0v) is 9.84. The molecule has 0 radical (unpaired) electrons. The maximum atomic E-state index is 12.8. The first kappa shape index (κ1) is 11.7. The van der Waals surface area contributed by atoms with Crippen molar-refractivity contribution in [2.45, 2.75) is 19.9 Å². The SMILES string of the molecule is CCn1cc(C(F)F)c(-c2ccc(C#N)s2)n1. The molecule has 0 amide bonds. The van der Waals surface area contributed by atoms with E-state index in [2.05, 4.69) is 5.10 Å². The van der Waals surface area contributed by atoms with Gasteiger partial charge in [0, 0.05) is 12.7 Å². The van der Waals surface area contributed by atoms with Crippen molar-refractivity contribution >= 4 is 11.3 Å². The Morgan fingerprint density at radius 2 is 2.29 bits per heavy atom. The molecule has 2 heterocycles. The smallest absolute Gasteiger partial charge is 0.267 e. The third kappa shape index (κ3) is 2.19. The van der Waals surface area contributed by atoms with Crippen LogP contribution >= 0.6 is 11.3 Å². The number of rotatable bonds is 3. The van der Waals surface area contributed by atoms with E-state index in [9.17, 15) is 8.78 Å². The number of nitrogens with zero attached hydrogens (tertiary/aromatic N) is 3. The van der Waals surface area contributed by atoms with Crippen molar-refractivity contribution in [3.8, 4) is 16.6 Å². The standard InChI is InChI=1S/C11H9F2N3S/c1-2-16-6-8(11(12)13)10(15-16)9-4-3-7(5-14)17-9/h3-4,6,11H,2H2,1H3. The van der Waals surface area contributed by atoms with E-state index in [-0.39, 0.29) is 11.3 Å². The van der Waals surface area contributed by atoms with E-state index in [4.69, 9.17) is 5.26 Å². The number of hydrogen-bond donors (Lipinski definition) is 0. The van der Waals surface area contributed by atoms with Crippen LogP contribution in [-0.2, 0) is 6.54 Å². The minimum absolute atomic E-state index is 0.0850. The predicted molar refractivity (Wildman–Crippen MR) is 60.9 cm³/mol. The molecule has 0 saturated heterocycles. The highest BCUT2D eigenvalue weighted by atomic mass is 32.1. The zero-order chi connectivity index (χ0) is 12.4. The fraction of sp³-hybridized carbons (Fsp3) is 0.273. The summed E-state index contributed by atoms with van der Waals surface area (Å²) >= 11 is 1.17. The Hall–Kier alpha value is -1.74. The zero-order valence-electron chi connectivity index (χ0n) is 9.02. The van der Waals surface area contributed by atoms with Gasteiger partial charge >= 0.3 is 0 Å². The van der Waals surface area contributed by atoms with Crippen molar-refractivity contribution in [1.29, 1.82) is 5.26 Å². The van der Waals surface area contributed by atoms with Crippen LogP contribution in [0.1, 0.15) is 23.8 Å². The van der Waals surface area contributed by atoms with Crippen molar-refractivity contribution < 1.29 is 8.78 Å². The molecule has 0 aliphatic heterocycles. The topological polar surface area (TPSA) is 41.6 Å². The van der Waals surface area contributed by atoms with E-state index < -0.39 is 6.43 Å². The second kappa shape index (κ2) is 4.63. The lowest BCUT2D eigenvalue weighted by Crippen LogP contribution is -1.93. The largest absolute Gasteiger partial charge is 0.272 e. The Labute approximate surface area is 101 Å². The van der Waals surface area contributed by atoms with Crippen molar-refractivity contribution in [2.24, 2.45) is 0 Å². The molecule has 0 aliphatic rings. The van der Waals surface area contributed by atoms with Crippen LogP contribution in [0.15, 0.2) is 18.3 Å². The van der Waals surface area contributed by atoms with Crippen LogP contribution in [0.25, 0.3) is 10.6 Å². The van der Waals surface area contributed by atoms with Crippen LogP contribution < -0.4 is 0 Å². The van der Waals surface area contributed by atoms with Gasteiger partial charge in [0.25, 0.3) is 6.43 Å². The number of halogens is 2. The third-order valence-electron chi connectivity index (χ3n) is 2.30. The molecule has 0 bridgehead atoms. The van der Waals surface area contributed by atoms with Gasteiger partial charge in [-0.15, -0.1) is 11.3 Å². The Balaban J connectivity index is 2.50. The number of aryl methyl sites for hydroxylation is 1. The molecule has 6 heteroatoms. The highest BCUT2D eigenvalue weighted by Gasteiger charge is 2.19. The number of hydrogen-bond acceptors (Lipinski definition) is 3. The molecule has 0 N–H and O–H groups in total. The molecule has 17 heavy (non-hydrogen) atoms. The van der Waals surface area contributed by atoms with Gasteiger partial charge < -0.3 is 0 Å². The van der Waals surface area contributed by atoms with Gasteiger partial charge in [-0.1, -0.05) is 0 Å². The van der Waals surface area contributed by atoms with E-state index in [1.165, 1.54) is 22.2 Å². The molecule has 0 spiro atoms. The van der Waals surface area contributed by atoms with E-state index in [1.807, 2.05) is 13.0 Å². The van der Waals surface area contributed by atoms with Gasteiger partial charge in [-0.3, -0.25) is 4.68 Å². The summed E-state index contributed by atoms with van der Waals surface area (Å²) in [6.45, 7) is 2.37. The van der Waals surface area contributed by atoms with Crippen LogP contribution in [0, 0.1) is 11.3 Å². The molecule has 2 aromatic heterocycles. The monoisotopic (exact) mass is 253 g/mol. The van der Waals surface area contributed by atoms with Crippen LogP contribution in [-0.4, -0.2) is 9.78 Å². The average molecular weight is 253 g/mol. The molecule has 88 valence electrons. The summed E-state index contributed by atoms with van der Waals surface area (Å²) < 4.78 is 27.2. The van der Waals surface area contributed by atoms with E-state index >= 15 is 0 Å². The minimum Gasteiger partial charge on any atom is -0.272 e. The maximum absolute atomic E-state index is 12.8. The fourth-order valence-electron chi connectivity index (χ4n) is 1.48. The Kier molecular flexibility index (Phi) is 3.20. The van der Waals surface area contributed by atoms with Crippen LogP contribution in [0.2, 0.25) is 0 Å². The quantitative estimate of drug-likeness (QED) is 0.840. The van der Waals surface area contributed by atoms with Crippen LogP contribution in [0.4, 0.5) is 8.78 Å². The first-order valence-electron chi connectivity index (χ1n) is 5.01. The number of nitriles is 1. The lowest BCUT2D eigenvalue weighted by molar-refractivity contribution is 0.152. The number of thiophene rings is 1. The molecule has 0 saturated carbocycles. The van der Waals surface area contributed by atoms with Crippen molar-refractivity contribution in [2.75, 3.05) is 0 Å². The van der Waals surface area contributed by atoms with Crippen molar-refractivity contribution in [3.63, 3.8) is 0 Å². The van der Waals surface area contributed by atoms with E-state index in [1.54, 1.807) is 12.1 Å². The molecule has 0 atom stereocenters. The van der Waals surface area contributed by atoms with E-state index in [0.29, 0.717) is 16.3 Å². The molecule has 0 aliphatic carbocycles.